The van der Waals surface area contributed by atoms with Gasteiger partial charge in [0.05, 0.1) is 0 Å². The maximum atomic E-state index is 12.6. The van der Waals surface area contributed by atoms with E-state index in [1.54, 1.807) is 6.07 Å². The number of carbonyl (C=O) groups excluding carboxylic acids is 1. The highest BCUT2D eigenvalue weighted by molar-refractivity contribution is 5.92. The molecule has 0 saturated carbocycles. The first-order chi connectivity index (χ1) is 14.2. The predicted octanol–water partition coefficient (Wildman–Crippen LogP) is 3.16. The molecule has 0 saturated heterocycles. The molecule has 0 bridgehead atoms. The van der Waals surface area contributed by atoms with Crippen LogP contribution in [0.3, 0.4) is 0 Å². The van der Waals surface area contributed by atoms with Crippen molar-refractivity contribution in [1.82, 2.24) is 15.3 Å². The Balaban J connectivity index is 1.42. The van der Waals surface area contributed by atoms with Crippen LogP contribution in [0.1, 0.15) is 28.5 Å². The van der Waals surface area contributed by atoms with E-state index in [-0.39, 0.29) is 12.7 Å². The summed E-state index contributed by atoms with van der Waals surface area (Å²) in [5.74, 6) is 1.89. The zero-order chi connectivity index (χ0) is 20.1. The van der Waals surface area contributed by atoms with Gasteiger partial charge in [-0.15, -0.1) is 0 Å². The molecule has 0 fully saturated rings. The fourth-order valence-electron chi connectivity index (χ4n) is 3.13. The zero-order valence-electron chi connectivity index (χ0n) is 16.2. The molecule has 0 radical (unpaired) electrons. The number of carbonyl (C=O) groups is 1. The van der Waals surface area contributed by atoms with E-state index in [1.807, 2.05) is 36.4 Å². The van der Waals surface area contributed by atoms with Gasteiger partial charge in [0.25, 0.3) is 5.91 Å². The van der Waals surface area contributed by atoms with E-state index < -0.39 is 0 Å². The maximum Gasteiger partial charge on any atom is 0.270 e. The summed E-state index contributed by atoms with van der Waals surface area (Å²) in [4.78, 5) is 23.2. The second kappa shape index (κ2) is 8.60. The summed E-state index contributed by atoms with van der Waals surface area (Å²) in [6.45, 7) is 4.14. The lowest BCUT2D eigenvalue weighted by Crippen LogP contribution is -2.26. The number of ether oxygens (including phenoxy) is 2. The standard InChI is InChI=1S/C22H22N4O3/c1-2-26(13-16-6-4-3-5-7-16)21-11-18(24-14-25-21)22(27)23-12-17-8-9-19-20(10-17)29-15-28-19/h3-11,14H,2,12-13,15H2,1H3,(H,23,27). The molecule has 2 aromatic carbocycles. The Morgan fingerprint density at radius 2 is 1.86 bits per heavy atom. The van der Waals surface area contributed by atoms with Gasteiger partial charge < -0.3 is 19.7 Å². The topological polar surface area (TPSA) is 76.6 Å². The van der Waals surface area contributed by atoms with E-state index in [0.29, 0.717) is 24.5 Å². The molecule has 2 heterocycles. The molecule has 0 unspecified atom stereocenters. The van der Waals surface area contributed by atoms with Crippen molar-refractivity contribution in [2.24, 2.45) is 0 Å². The molecule has 1 aliphatic rings. The molecule has 148 valence electrons. The summed E-state index contributed by atoms with van der Waals surface area (Å²) in [6.07, 6.45) is 1.43. The van der Waals surface area contributed by atoms with Gasteiger partial charge in [0.15, 0.2) is 11.5 Å². The molecular weight excluding hydrogens is 368 g/mol. The number of rotatable bonds is 7. The second-order valence-corrected chi connectivity index (χ2v) is 6.63. The fraction of sp³-hybridized carbons (Fsp3) is 0.227. The van der Waals surface area contributed by atoms with Crippen LogP contribution in [0.2, 0.25) is 0 Å². The average molecular weight is 390 g/mol. The van der Waals surface area contributed by atoms with Crippen molar-refractivity contribution < 1.29 is 14.3 Å². The number of amides is 1. The summed E-state index contributed by atoms with van der Waals surface area (Å²) in [5.41, 5.74) is 2.44. The lowest BCUT2D eigenvalue weighted by Gasteiger charge is -2.22. The molecule has 1 N–H and O–H groups in total. The molecule has 7 nitrogen and oxygen atoms in total. The monoisotopic (exact) mass is 390 g/mol. The Kier molecular flexibility index (Phi) is 5.56. The molecule has 1 amide bonds. The number of nitrogens with one attached hydrogen (secondary N) is 1. The van der Waals surface area contributed by atoms with Crippen molar-refractivity contribution in [3.05, 3.63) is 77.7 Å². The number of nitrogens with zero attached hydrogens (tertiary/aromatic N) is 3. The highest BCUT2D eigenvalue weighted by Crippen LogP contribution is 2.32. The third kappa shape index (κ3) is 4.45. The molecule has 4 rings (SSSR count). The Morgan fingerprint density at radius 1 is 1.03 bits per heavy atom. The van der Waals surface area contributed by atoms with Crippen LogP contribution < -0.4 is 19.7 Å². The lowest BCUT2D eigenvalue weighted by atomic mass is 10.2. The van der Waals surface area contributed by atoms with Crippen LogP contribution in [0.4, 0.5) is 5.82 Å². The highest BCUT2D eigenvalue weighted by Gasteiger charge is 2.15. The molecule has 1 aromatic heterocycles. The van der Waals surface area contributed by atoms with Crippen LogP contribution in [-0.4, -0.2) is 29.2 Å². The number of hydrogen-bond acceptors (Lipinski definition) is 6. The smallest absolute Gasteiger partial charge is 0.270 e. The van der Waals surface area contributed by atoms with Gasteiger partial charge in [-0.25, -0.2) is 9.97 Å². The lowest BCUT2D eigenvalue weighted by molar-refractivity contribution is 0.0945. The quantitative estimate of drug-likeness (QED) is 0.668. The van der Waals surface area contributed by atoms with Crippen molar-refractivity contribution in [2.75, 3.05) is 18.2 Å². The molecular formula is C22H22N4O3. The SMILES string of the molecule is CCN(Cc1ccccc1)c1cc(C(=O)NCc2ccc3c(c2)OCO3)ncn1. The van der Waals surface area contributed by atoms with Crippen molar-refractivity contribution >= 4 is 11.7 Å². The number of fused-ring (bicyclic) bond motifs is 1. The minimum Gasteiger partial charge on any atom is -0.454 e. The van der Waals surface area contributed by atoms with Crippen molar-refractivity contribution in [3.8, 4) is 11.5 Å². The van der Waals surface area contributed by atoms with Crippen molar-refractivity contribution in [2.45, 2.75) is 20.0 Å². The van der Waals surface area contributed by atoms with Crippen LogP contribution >= 0.6 is 0 Å². The van der Waals surface area contributed by atoms with Gasteiger partial charge in [-0.1, -0.05) is 36.4 Å². The fourth-order valence-corrected chi connectivity index (χ4v) is 3.13. The van der Waals surface area contributed by atoms with Crippen molar-refractivity contribution in [3.63, 3.8) is 0 Å². The highest BCUT2D eigenvalue weighted by atomic mass is 16.7. The molecule has 3 aromatic rings. The summed E-state index contributed by atoms with van der Waals surface area (Å²) >= 11 is 0. The molecule has 0 spiro atoms. The summed E-state index contributed by atoms with van der Waals surface area (Å²) in [5, 5.41) is 2.90. The second-order valence-electron chi connectivity index (χ2n) is 6.63. The maximum absolute atomic E-state index is 12.6. The number of aromatic nitrogens is 2. The minimum atomic E-state index is -0.248. The predicted molar refractivity (Wildman–Crippen MR) is 109 cm³/mol. The first-order valence-electron chi connectivity index (χ1n) is 9.50. The van der Waals surface area contributed by atoms with Gasteiger partial charge in [0, 0.05) is 25.7 Å². The largest absolute Gasteiger partial charge is 0.454 e. The van der Waals surface area contributed by atoms with Crippen molar-refractivity contribution in [1.29, 1.82) is 0 Å². The van der Waals surface area contributed by atoms with Crippen LogP contribution in [0.25, 0.3) is 0 Å². The third-order valence-electron chi connectivity index (χ3n) is 4.70. The van der Waals surface area contributed by atoms with Crippen LogP contribution in [0.15, 0.2) is 60.9 Å². The van der Waals surface area contributed by atoms with Gasteiger partial charge in [-0.3, -0.25) is 4.79 Å². The number of hydrogen-bond donors (Lipinski definition) is 1. The van der Waals surface area contributed by atoms with Gasteiger partial charge in [0.2, 0.25) is 6.79 Å². The van der Waals surface area contributed by atoms with Gasteiger partial charge >= 0.3 is 0 Å². The first kappa shape index (κ1) is 18.7. The molecule has 29 heavy (non-hydrogen) atoms. The Morgan fingerprint density at radius 3 is 2.69 bits per heavy atom. The van der Waals surface area contributed by atoms with Gasteiger partial charge in [0.1, 0.15) is 17.8 Å². The molecule has 7 heteroatoms. The van der Waals surface area contributed by atoms with Crippen LogP contribution in [-0.2, 0) is 13.1 Å². The normalized spacial score (nSPS) is 11.9. The Labute approximate surface area is 169 Å². The van der Waals surface area contributed by atoms with Crippen LogP contribution in [0.5, 0.6) is 11.5 Å². The molecule has 0 atom stereocenters. The van der Waals surface area contributed by atoms with Gasteiger partial charge in [-0.05, 0) is 30.2 Å². The van der Waals surface area contributed by atoms with E-state index in [2.05, 4.69) is 39.2 Å². The number of anilines is 1. The minimum absolute atomic E-state index is 0.228. The molecule has 1 aliphatic heterocycles. The summed E-state index contributed by atoms with van der Waals surface area (Å²) < 4.78 is 10.7. The average Bonchev–Trinajstić information content (AvgIpc) is 3.24. The number of benzene rings is 2. The van der Waals surface area contributed by atoms with Crippen LogP contribution in [0, 0.1) is 0 Å². The van der Waals surface area contributed by atoms with E-state index in [4.69, 9.17) is 9.47 Å². The summed E-state index contributed by atoms with van der Waals surface area (Å²) in [6, 6.07) is 17.5. The first-order valence-corrected chi connectivity index (χ1v) is 9.50. The summed E-state index contributed by atoms with van der Waals surface area (Å²) in [7, 11) is 0. The third-order valence-corrected chi connectivity index (χ3v) is 4.70. The van der Waals surface area contributed by atoms with Gasteiger partial charge in [-0.2, -0.15) is 0 Å². The molecule has 0 aliphatic carbocycles. The Hall–Kier alpha value is -3.61. The van der Waals surface area contributed by atoms with E-state index in [1.165, 1.54) is 11.9 Å². The van der Waals surface area contributed by atoms with E-state index in [9.17, 15) is 4.79 Å². The zero-order valence-corrected chi connectivity index (χ0v) is 16.2. The van der Waals surface area contributed by atoms with E-state index >= 15 is 0 Å². The Bertz CT molecular complexity index is 994. The van der Waals surface area contributed by atoms with E-state index in [0.717, 1.165) is 23.7 Å².